The zero-order chi connectivity index (χ0) is 14.2. The first-order valence-corrected chi connectivity index (χ1v) is 7.70. The molecule has 1 saturated carbocycles. The number of nitrogens with two attached hydrogens (primary N) is 1. The maximum Gasteiger partial charge on any atom is 0.128 e. The molecule has 0 bridgehead atoms. The smallest absolute Gasteiger partial charge is 0.128 e. The highest BCUT2D eigenvalue weighted by atomic mass is 32.1. The zero-order valence-electron chi connectivity index (χ0n) is 11.5. The molecule has 4 heteroatoms. The van der Waals surface area contributed by atoms with Gasteiger partial charge in [-0.05, 0) is 30.5 Å². The molecule has 2 aromatic heterocycles. The van der Waals surface area contributed by atoms with Crippen molar-refractivity contribution in [3.63, 3.8) is 0 Å². The van der Waals surface area contributed by atoms with E-state index in [0.717, 1.165) is 11.1 Å². The predicted molar refractivity (Wildman–Crippen MR) is 82.5 cm³/mol. The third-order valence-electron chi connectivity index (χ3n) is 4.27. The van der Waals surface area contributed by atoms with Crippen LogP contribution in [0, 0.1) is 11.3 Å². The topological polar surface area (TPSA) is 62.7 Å². The number of rotatable bonds is 2. The number of hydrogen-bond donors (Lipinski definition) is 1. The second-order valence-corrected chi connectivity index (χ2v) is 6.69. The minimum atomic E-state index is 0.159. The number of nitrogen functional groups attached to an aromatic ring is 1. The SMILES string of the molecule is CC1(c2sc(C#N)c(N)c2-c2ccncc2)CCCC1. The molecule has 0 unspecified atom stereocenters. The van der Waals surface area contributed by atoms with Gasteiger partial charge in [-0.15, -0.1) is 11.3 Å². The molecule has 102 valence electrons. The van der Waals surface area contributed by atoms with Gasteiger partial charge in [-0.3, -0.25) is 4.98 Å². The first-order valence-electron chi connectivity index (χ1n) is 6.89. The van der Waals surface area contributed by atoms with Crippen molar-refractivity contribution in [3.8, 4) is 17.2 Å². The van der Waals surface area contributed by atoms with Gasteiger partial charge in [0.05, 0.1) is 5.69 Å². The third kappa shape index (κ3) is 1.99. The van der Waals surface area contributed by atoms with E-state index in [0.29, 0.717) is 10.6 Å². The van der Waals surface area contributed by atoms with E-state index in [4.69, 9.17) is 5.73 Å². The Balaban J connectivity index is 2.22. The van der Waals surface area contributed by atoms with Gasteiger partial charge in [-0.25, -0.2) is 0 Å². The number of pyridine rings is 1. The summed E-state index contributed by atoms with van der Waals surface area (Å²) in [5.41, 5.74) is 9.15. The van der Waals surface area contributed by atoms with E-state index in [9.17, 15) is 5.26 Å². The van der Waals surface area contributed by atoms with Crippen molar-refractivity contribution >= 4 is 17.0 Å². The van der Waals surface area contributed by atoms with Crippen LogP contribution in [0.25, 0.3) is 11.1 Å². The van der Waals surface area contributed by atoms with E-state index in [1.165, 1.54) is 30.6 Å². The van der Waals surface area contributed by atoms with Crippen LogP contribution in [0.15, 0.2) is 24.5 Å². The average Bonchev–Trinajstić information content (AvgIpc) is 3.05. The van der Waals surface area contributed by atoms with Crippen LogP contribution < -0.4 is 5.73 Å². The van der Waals surface area contributed by atoms with Crippen LogP contribution in [-0.4, -0.2) is 4.98 Å². The fourth-order valence-electron chi connectivity index (χ4n) is 3.14. The standard InChI is InChI=1S/C16H17N3S/c1-16(6-2-3-7-16)15-13(11-4-8-19-9-5-11)14(18)12(10-17)20-15/h4-5,8-9H,2-3,6-7,18H2,1H3. The quantitative estimate of drug-likeness (QED) is 0.902. The number of thiophene rings is 1. The number of nitriles is 1. The normalized spacial score (nSPS) is 17.0. The van der Waals surface area contributed by atoms with Crippen molar-refractivity contribution in [3.05, 3.63) is 34.3 Å². The van der Waals surface area contributed by atoms with E-state index >= 15 is 0 Å². The van der Waals surface area contributed by atoms with Gasteiger partial charge in [0.15, 0.2) is 0 Å². The molecule has 0 aromatic carbocycles. The number of nitrogens with zero attached hydrogens (tertiary/aromatic N) is 2. The van der Waals surface area contributed by atoms with Crippen molar-refractivity contribution in [2.24, 2.45) is 0 Å². The van der Waals surface area contributed by atoms with Gasteiger partial charge in [-0.2, -0.15) is 5.26 Å². The Kier molecular flexibility index (Phi) is 3.23. The summed E-state index contributed by atoms with van der Waals surface area (Å²) in [5.74, 6) is 0. The number of hydrogen-bond acceptors (Lipinski definition) is 4. The number of aromatic nitrogens is 1. The van der Waals surface area contributed by atoms with Crippen LogP contribution in [0.1, 0.15) is 42.4 Å². The van der Waals surface area contributed by atoms with E-state index in [2.05, 4.69) is 18.0 Å². The highest BCUT2D eigenvalue weighted by Crippen LogP contribution is 2.50. The molecule has 20 heavy (non-hydrogen) atoms. The molecule has 2 aromatic rings. The van der Waals surface area contributed by atoms with E-state index in [-0.39, 0.29) is 5.41 Å². The van der Waals surface area contributed by atoms with Crippen LogP contribution >= 0.6 is 11.3 Å². The monoisotopic (exact) mass is 283 g/mol. The molecule has 2 heterocycles. The van der Waals surface area contributed by atoms with Gasteiger partial charge in [0.2, 0.25) is 0 Å². The molecule has 1 fully saturated rings. The fourth-order valence-corrected chi connectivity index (χ4v) is 4.38. The Hall–Kier alpha value is -1.86. The molecule has 3 rings (SSSR count). The van der Waals surface area contributed by atoms with Gasteiger partial charge < -0.3 is 5.73 Å². The van der Waals surface area contributed by atoms with Crippen molar-refractivity contribution in [1.82, 2.24) is 4.98 Å². The predicted octanol–water partition coefficient (Wildman–Crippen LogP) is 4.10. The lowest BCUT2D eigenvalue weighted by Gasteiger charge is -2.24. The Bertz CT molecular complexity index is 661. The number of anilines is 1. The molecule has 1 aliphatic carbocycles. The Morgan fingerprint density at radius 3 is 2.55 bits per heavy atom. The summed E-state index contributed by atoms with van der Waals surface area (Å²) in [5, 5.41) is 9.30. The summed E-state index contributed by atoms with van der Waals surface area (Å²) in [6, 6.07) is 6.19. The molecule has 0 radical (unpaired) electrons. The lowest BCUT2D eigenvalue weighted by atomic mass is 9.83. The Labute approximate surface area is 123 Å². The summed E-state index contributed by atoms with van der Waals surface area (Å²) in [6.45, 7) is 2.30. The molecular formula is C16H17N3S. The van der Waals surface area contributed by atoms with Crippen molar-refractivity contribution in [2.75, 3.05) is 5.73 Å². The van der Waals surface area contributed by atoms with Crippen LogP contribution in [0.2, 0.25) is 0 Å². The molecule has 3 nitrogen and oxygen atoms in total. The second kappa shape index (κ2) is 4.92. The van der Waals surface area contributed by atoms with Crippen molar-refractivity contribution in [2.45, 2.75) is 38.0 Å². The molecular weight excluding hydrogens is 266 g/mol. The van der Waals surface area contributed by atoms with Gasteiger partial charge >= 0.3 is 0 Å². The van der Waals surface area contributed by atoms with Gasteiger partial charge in [0.25, 0.3) is 0 Å². The second-order valence-electron chi connectivity index (χ2n) is 5.66. The lowest BCUT2D eigenvalue weighted by Crippen LogP contribution is -2.16. The van der Waals surface area contributed by atoms with Gasteiger partial charge in [0.1, 0.15) is 10.9 Å². The molecule has 0 amide bonds. The molecule has 0 spiro atoms. The highest BCUT2D eigenvalue weighted by Gasteiger charge is 2.36. The summed E-state index contributed by atoms with van der Waals surface area (Å²) in [7, 11) is 0. The summed E-state index contributed by atoms with van der Waals surface area (Å²) >= 11 is 1.57. The zero-order valence-corrected chi connectivity index (χ0v) is 12.3. The van der Waals surface area contributed by atoms with Crippen LogP contribution in [0.5, 0.6) is 0 Å². The van der Waals surface area contributed by atoms with Crippen LogP contribution in [0.3, 0.4) is 0 Å². The summed E-state index contributed by atoms with van der Waals surface area (Å²) in [4.78, 5) is 5.98. The summed E-state index contributed by atoms with van der Waals surface area (Å²) in [6.07, 6.45) is 8.42. The minimum Gasteiger partial charge on any atom is -0.396 e. The van der Waals surface area contributed by atoms with E-state index < -0.39 is 0 Å². The van der Waals surface area contributed by atoms with Crippen LogP contribution in [-0.2, 0) is 5.41 Å². The van der Waals surface area contributed by atoms with Crippen LogP contribution in [0.4, 0.5) is 5.69 Å². The Morgan fingerprint density at radius 1 is 1.30 bits per heavy atom. The van der Waals surface area contributed by atoms with E-state index in [1.807, 2.05) is 12.1 Å². The maximum atomic E-state index is 9.30. The maximum absolute atomic E-state index is 9.30. The first-order chi connectivity index (χ1) is 9.65. The molecule has 0 aliphatic heterocycles. The van der Waals surface area contributed by atoms with Crippen molar-refractivity contribution in [1.29, 1.82) is 5.26 Å². The summed E-state index contributed by atoms with van der Waals surface area (Å²) < 4.78 is 0. The van der Waals surface area contributed by atoms with Gasteiger partial charge in [-0.1, -0.05) is 19.8 Å². The first kappa shape index (κ1) is 13.1. The minimum absolute atomic E-state index is 0.159. The molecule has 2 N–H and O–H groups in total. The van der Waals surface area contributed by atoms with E-state index in [1.54, 1.807) is 23.7 Å². The van der Waals surface area contributed by atoms with Crippen molar-refractivity contribution < 1.29 is 0 Å². The molecule has 0 atom stereocenters. The van der Waals surface area contributed by atoms with Gasteiger partial charge in [0, 0.05) is 28.2 Å². The fraction of sp³-hybridized carbons (Fsp3) is 0.375. The Morgan fingerprint density at radius 2 is 1.95 bits per heavy atom. The lowest BCUT2D eigenvalue weighted by molar-refractivity contribution is 0.503. The highest BCUT2D eigenvalue weighted by molar-refractivity contribution is 7.14. The third-order valence-corrected chi connectivity index (χ3v) is 5.69. The average molecular weight is 283 g/mol. The molecule has 0 saturated heterocycles. The largest absolute Gasteiger partial charge is 0.396 e. The molecule has 1 aliphatic rings.